The quantitative estimate of drug-likeness (QED) is 0.910. The summed E-state index contributed by atoms with van der Waals surface area (Å²) in [4.78, 5) is 32.5. The van der Waals surface area contributed by atoms with Gasteiger partial charge in [0.05, 0.1) is 6.20 Å². The van der Waals surface area contributed by atoms with Crippen molar-refractivity contribution in [2.24, 2.45) is 0 Å². The Bertz CT molecular complexity index is 826. The summed E-state index contributed by atoms with van der Waals surface area (Å²) in [6, 6.07) is 0. The highest BCUT2D eigenvalue weighted by Gasteiger charge is 2.32. The molecule has 130 valence electrons. The lowest BCUT2D eigenvalue weighted by molar-refractivity contribution is -0.142. The summed E-state index contributed by atoms with van der Waals surface area (Å²) >= 11 is 0. The van der Waals surface area contributed by atoms with Gasteiger partial charge in [0.15, 0.2) is 5.52 Å². The van der Waals surface area contributed by atoms with Gasteiger partial charge < -0.3 is 9.88 Å². The summed E-state index contributed by atoms with van der Waals surface area (Å²) in [6.07, 6.45) is -2.28. The normalized spacial score (nSPS) is 18.8. The molecule has 0 aromatic carbocycles. The smallest absolute Gasteiger partial charge is 0.342 e. The second kappa shape index (κ2) is 5.91. The van der Waals surface area contributed by atoms with Crippen molar-refractivity contribution in [2.45, 2.75) is 38.4 Å². The molecule has 0 bridgehead atoms. The zero-order valence-electron chi connectivity index (χ0n) is 12.9. The van der Waals surface area contributed by atoms with Gasteiger partial charge in [0.25, 0.3) is 5.56 Å². The number of aromatic nitrogens is 4. The minimum Gasteiger partial charge on any atom is -0.342 e. The first kappa shape index (κ1) is 16.5. The number of nitrogens with zero attached hydrogens (tertiary/aromatic N) is 4. The topological polar surface area (TPSA) is 83.9 Å². The van der Waals surface area contributed by atoms with Gasteiger partial charge >= 0.3 is 6.18 Å². The maximum Gasteiger partial charge on any atom is 0.408 e. The predicted octanol–water partition coefficient (Wildman–Crippen LogP) is 1.41. The zero-order valence-corrected chi connectivity index (χ0v) is 12.9. The molecule has 1 atom stereocenters. The van der Waals surface area contributed by atoms with E-state index < -0.39 is 18.3 Å². The fourth-order valence-electron chi connectivity index (χ4n) is 2.89. The Labute approximate surface area is 134 Å². The monoisotopic (exact) mass is 343 g/mol. The Morgan fingerprint density at radius 3 is 2.79 bits per heavy atom. The third kappa shape index (κ3) is 3.26. The lowest BCUT2D eigenvalue weighted by atomic mass is 10.1. The lowest BCUT2D eigenvalue weighted by Crippen LogP contribution is -2.26. The number of hydrogen-bond acceptors (Lipinski definition) is 4. The molecule has 3 rings (SSSR count). The largest absolute Gasteiger partial charge is 0.408 e. The van der Waals surface area contributed by atoms with Crippen LogP contribution in [0.2, 0.25) is 0 Å². The van der Waals surface area contributed by atoms with Gasteiger partial charge in [0.2, 0.25) is 5.91 Å². The number of H-pyrrole nitrogens is 1. The SMILES string of the molecule is CCCN1CC(c2nc3cn(CC(F)(F)F)nc3c(=O)[nH]2)CC1=O. The Morgan fingerprint density at radius 1 is 1.38 bits per heavy atom. The van der Waals surface area contributed by atoms with Crippen LogP contribution in [0.5, 0.6) is 0 Å². The van der Waals surface area contributed by atoms with Crippen molar-refractivity contribution >= 4 is 16.9 Å². The molecule has 24 heavy (non-hydrogen) atoms. The van der Waals surface area contributed by atoms with E-state index in [0.29, 0.717) is 23.6 Å². The summed E-state index contributed by atoms with van der Waals surface area (Å²) in [7, 11) is 0. The summed E-state index contributed by atoms with van der Waals surface area (Å²) in [5, 5.41) is 3.64. The van der Waals surface area contributed by atoms with Crippen LogP contribution in [0, 0.1) is 0 Å². The Kier molecular flexibility index (Phi) is 4.06. The number of halogens is 3. The average molecular weight is 343 g/mol. The molecule has 0 aliphatic carbocycles. The van der Waals surface area contributed by atoms with Crippen LogP contribution in [0.3, 0.4) is 0 Å². The van der Waals surface area contributed by atoms with E-state index in [4.69, 9.17) is 0 Å². The van der Waals surface area contributed by atoms with E-state index in [9.17, 15) is 22.8 Å². The molecule has 3 heterocycles. The number of likely N-dealkylation sites (tertiary alicyclic amines) is 1. The highest BCUT2D eigenvalue weighted by molar-refractivity contribution is 5.79. The summed E-state index contributed by atoms with van der Waals surface area (Å²) < 4.78 is 38.0. The van der Waals surface area contributed by atoms with E-state index in [2.05, 4.69) is 15.1 Å². The highest BCUT2D eigenvalue weighted by Crippen LogP contribution is 2.26. The number of alkyl halides is 3. The molecule has 1 aliphatic heterocycles. The van der Waals surface area contributed by atoms with Gasteiger partial charge in [0, 0.05) is 25.4 Å². The fraction of sp³-hybridized carbons (Fsp3) is 0.571. The summed E-state index contributed by atoms with van der Waals surface area (Å²) in [5.41, 5.74) is -0.644. The van der Waals surface area contributed by atoms with E-state index in [1.54, 1.807) is 4.90 Å². The first-order valence-corrected chi connectivity index (χ1v) is 7.58. The predicted molar refractivity (Wildman–Crippen MR) is 78.4 cm³/mol. The Hall–Kier alpha value is -2.39. The van der Waals surface area contributed by atoms with Gasteiger partial charge in [-0.1, -0.05) is 6.92 Å². The van der Waals surface area contributed by atoms with Gasteiger partial charge in [-0.05, 0) is 6.42 Å². The van der Waals surface area contributed by atoms with E-state index in [-0.39, 0.29) is 29.3 Å². The van der Waals surface area contributed by atoms with Crippen molar-refractivity contribution in [1.29, 1.82) is 0 Å². The van der Waals surface area contributed by atoms with Crippen molar-refractivity contribution in [3.8, 4) is 0 Å². The van der Waals surface area contributed by atoms with E-state index in [1.165, 1.54) is 0 Å². The third-order valence-electron chi connectivity index (χ3n) is 3.88. The number of hydrogen-bond donors (Lipinski definition) is 1. The number of nitrogens with one attached hydrogen (secondary N) is 1. The molecule has 0 radical (unpaired) electrons. The van der Waals surface area contributed by atoms with E-state index in [0.717, 1.165) is 12.6 Å². The molecule has 2 aromatic rings. The second-order valence-electron chi connectivity index (χ2n) is 5.87. The molecule has 7 nitrogen and oxygen atoms in total. The molecule has 1 N–H and O–H groups in total. The van der Waals surface area contributed by atoms with E-state index >= 15 is 0 Å². The molecule has 1 unspecified atom stereocenters. The summed E-state index contributed by atoms with van der Waals surface area (Å²) in [6.45, 7) is 1.75. The van der Waals surface area contributed by atoms with Crippen molar-refractivity contribution < 1.29 is 18.0 Å². The molecule has 10 heteroatoms. The average Bonchev–Trinajstić information content (AvgIpc) is 3.01. The van der Waals surface area contributed by atoms with Crippen LogP contribution in [-0.2, 0) is 11.3 Å². The fourth-order valence-corrected chi connectivity index (χ4v) is 2.89. The van der Waals surface area contributed by atoms with Crippen LogP contribution in [0.4, 0.5) is 13.2 Å². The maximum absolute atomic E-state index is 12.4. The number of amides is 1. The zero-order chi connectivity index (χ0) is 17.5. The highest BCUT2D eigenvalue weighted by atomic mass is 19.4. The van der Waals surface area contributed by atoms with Gasteiger partial charge in [0.1, 0.15) is 17.9 Å². The van der Waals surface area contributed by atoms with Crippen LogP contribution in [0.15, 0.2) is 11.0 Å². The minimum atomic E-state index is -4.43. The van der Waals surface area contributed by atoms with Crippen LogP contribution in [0.1, 0.15) is 31.5 Å². The number of carbonyl (C=O) groups is 1. The minimum absolute atomic E-state index is 0.0163. The van der Waals surface area contributed by atoms with Crippen LogP contribution >= 0.6 is 0 Å². The molecule has 0 spiro atoms. The first-order valence-electron chi connectivity index (χ1n) is 7.58. The Morgan fingerprint density at radius 2 is 2.12 bits per heavy atom. The molecule has 1 saturated heterocycles. The van der Waals surface area contributed by atoms with Crippen molar-refractivity contribution in [2.75, 3.05) is 13.1 Å². The van der Waals surface area contributed by atoms with Crippen molar-refractivity contribution in [3.63, 3.8) is 0 Å². The molecular formula is C14H16F3N5O2. The number of fused-ring (bicyclic) bond motifs is 1. The summed E-state index contributed by atoms with van der Waals surface area (Å²) in [5.74, 6) is 0.0236. The number of rotatable bonds is 4. The first-order chi connectivity index (χ1) is 11.3. The molecule has 1 aliphatic rings. The molecule has 2 aromatic heterocycles. The van der Waals surface area contributed by atoms with Gasteiger partial charge in [-0.3, -0.25) is 14.3 Å². The van der Waals surface area contributed by atoms with Crippen LogP contribution in [0.25, 0.3) is 11.0 Å². The number of aromatic amines is 1. The standard InChI is InChI=1S/C14H16F3N5O2/c1-2-3-21-5-8(4-10(21)23)12-18-9-6-22(7-14(15,16)17)20-11(9)13(24)19-12/h6,8H,2-5,7H2,1H3,(H,18,19,24). The number of carbonyl (C=O) groups excluding carboxylic acids is 1. The third-order valence-corrected chi connectivity index (χ3v) is 3.88. The van der Waals surface area contributed by atoms with Crippen molar-refractivity contribution in [1.82, 2.24) is 24.6 Å². The molecule has 1 fully saturated rings. The van der Waals surface area contributed by atoms with Crippen LogP contribution < -0.4 is 5.56 Å². The molecule has 1 amide bonds. The van der Waals surface area contributed by atoms with E-state index in [1.807, 2.05) is 6.92 Å². The molecular weight excluding hydrogens is 327 g/mol. The Balaban J connectivity index is 1.91. The van der Waals surface area contributed by atoms with Gasteiger partial charge in [-0.15, -0.1) is 0 Å². The van der Waals surface area contributed by atoms with Gasteiger partial charge in [-0.25, -0.2) is 4.98 Å². The molecule has 0 saturated carbocycles. The van der Waals surface area contributed by atoms with Crippen LogP contribution in [-0.4, -0.2) is 49.8 Å². The second-order valence-corrected chi connectivity index (χ2v) is 5.87. The van der Waals surface area contributed by atoms with Crippen molar-refractivity contribution in [3.05, 3.63) is 22.4 Å². The maximum atomic E-state index is 12.4. The van der Waals surface area contributed by atoms with Gasteiger partial charge in [-0.2, -0.15) is 18.3 Å². The lowest BCUT2D eigenvalue weighted by Gasteiger charge is -2.14.